The highest BCUT2D eigenvalue weighted by atomic mass is 16.6. The Hall–Kier alpha value is -4.72. The van der Waals surface area contributed by atoms with E-state index in [0.29, 0.717) is 74.8 Å². The number of fused-ring (bicyclic) bond motifs is 4. The van der Waals surface area contributed by atoms with Gasteiger partial charge in [0.2, 0.25) is 5.43 Å². The Bertz CT molecular complexity index is 1690. The van der Waals surface area contributed by atoms with Crippen LogP contribution in [0.2, 0.25) is 0 Å². The first-order chi connectivity index (χ1) is 17.5. The lowest BCUT2D eigenvalue weighted by molar-refractivity contribution is -0.136. The molecule has 0 saturated carbocycles. The molecule has 3 heterocycles. The first kappa shape index (κ1) is 21.8. The van der Waals surface area contributed by atoms with Crippen molar-refractivity contribution < 1.29 is 32.9 Å². The van der Waals surface area contributed by atoms with Crippen molar-refractivity contribution in [3.63, 3.8) is 0 Å². The van der Waals surface area contributed by atoms with Crippen LogP contribution in [-0.4, -0.2) is 31.4 Å². The number of ether oxygens (including phenoxy) is 3. The van der Waals surface area contributed by atoms with Gasteiger partial charge in [-0.1, -0.05) is 6.07 Å². The number of furan rings is 1. The van der Waals surface area contributed by atoms with Gasteiger partial charge in [0.1, 0.15) is 42.2 Å². The van der Waals surface area contributed by atoms with Crippen molar-refractivity contribution in [2.24, 2.45) is 0 Å². The maximum atomic E-state index is 13.5. The van der Waals surface area contributed by atoms with Crippen LogP contribution < -0.4 is 19.6 Å². The van der Waals surface area contributed by atoms with Crippen LogP contribution in [0.25, 0.3) is 44.4 Å². The van der Waals surface area contributed by atoms with Gasteiger partial charge < -0.3 is 28.2 Å². The van der Waals surface area contributed by atoms with E-state index in [1.807, 2.05) is 0 Å². The van der Waals surface area contributed by atoms with E-state index < -0.39 is 5.97 Å². The van der Waals surface area contributed by atoms with Gasteiger partial charge in [-0.3, -0.25) is 9.59 Å². The maximum Gasteiger partial charge on any atom is 0.307 e. The molecule has 0 amide bonds. The van der Waals surface area contributed by atoms with Crippen molar-refractivity contribution in [2.45, 2.75) is 6.42 Å². The number of benzene rings is 3. The third-order valence-corrected chi connectivity index (χ3v) is 6.22. The van der Waals surface area contributed by atoms with E-state index in [2.05, 4.69) is 0 Å². The molecule has 5 aromatic rings. The lowest BCUT2D eigenvalue weighted by Gasteiger charge is -2.18. The molecule has 0 spiro atoms. The predicted octanol–water partition coefficient (Wildman–Crippen LogP) is 5.28. The van der Waals surface area contributed by atoms with Crippen LogP contribution in [0, 0.1) is 0 Å². The summed E-state index contributed by atoms with van der Waals surface area (Å²) in [6.07, 6.45) is 1.08. The van der Waals surface area contributed by atoms with Crippen LogP contribution in [0.15, 0.2) is 74.5 Å². The standard InChI is InChI=1S/C28H20O8/c1-32-17-5-2-15(3-6-17)27-19(13-24(29)30)25-22(36-27)9-7-18-26(31)20(14-35-28(18)25)16-4-8-21-23(12-16)34-11-10-33-21/h2-9,12,14H,10-11,13H2,1H3,(H,29,30). The molecule has 8 heteroatoms. The van der Waals surface area contributed by atoms with Crippen molar-refractivity contribution in [1.82, 2.24) is 0 Å². The van der Waals surface area contributed by atoms with Gasteiger partial charge >= 0.3 is 5.97 Å². The molecule has 0 fully saturated rings. The van der Waals surface area contributed by atoms with Crippen molar-refractivity contribution >= 4 is 27.9 Å². The fraction of sp³-hybridized carbons (Fsp3) is 0.143. The fourth-order valence-corrected chi connectivity index (χ4v) is 4.54. The van der Waals surface area contributed by atoms with E-state index in [4.69, 9.17) is 23.0 Å². The number of methoxy groups -OCH3 is 1. The molecular formula is C28H20O8. The summed E-state index contributed by atoms with van der Waals surface area (Å²) in [5, 5.41) is 10.4. The van der Waals surface area contributed by atoms with Gasteiger partial charge in [0.25, 0.3) is 0 Å². The number of rotatable bonds is 5. The number of aliphatic carboxylic acids is 1. The van der Waals surface area contributed by atoms with Crippen molar-refractivity contribution in [2.75, 3.05) is 20.3 Å². The first-order valence-electron chi connectivity index (χ1n) is 11.3. The Balaban J connectivity index is 1.55. The number of carboxylic acid groups (broad SMARTS) is 1. The molecule has 0 unspecified atom stereocenters. The molecule has 0 saturated heterocycles. The third kappa shape index (κ3) is 3.54. The van der Waals surface area contributed by atoms with Gasteiger partial charge in [-0.25, -0.2) is 0 Å². The van der Waals surface area contributed by atoms with E-state index in [-0.39, 0.29) is 17.4 Å². The highest BCUT2D eigenvalue weighted by Gasteiger charge is 2.23. The van der Waals surface area contributed by atoms with Crippen LogP contribution in [0.1, 0.15) is 5.56 Å². The monoisotopic (exact) mass is 484 g/mol. The number of hydrogen-bond donors (Lipinski definition) is 1. The molecule has 1 aliphatic rings. The number of carboxylic acids is 1. The first-order valence-corrected chi connectivity index (χ1v) is 11.3. The van der Waals surface area contributed by atoms with E-state index >= 15 is 0 Å². The molecule has 8 nitrogen and oxygen atoms in total. The second kappa shape index (κ2) is 8.49. The van der Waals surface area contributed by atoms with Crippen molar-refractivity contribution in [3.05, 3.63) is 76.6 Å². The highest BCUT2D eigenvalue weighted by molar-refractivity contribution is 6.07. The zero-order valence-corrected chi connectivity index (χ0v) is 19.2. The van der Waals surface area contributed by atoms with E-state index in [1.165, 1.54) is 6.26 Å². The van der Waals surface area contributed by atoms with Crippen LogP contribution in [0.4, 0.5) is 0 Å². The molecule has 0 aliphatic carbocycles. The fourth-order valence-electron chi connectivity index (χ4n) is 4.54. The van der Waals surface area contributed by atoms with Crippen LogP contribution in [0.3, 0.4) is 0 Å². The summed E-state index contributed by atoms with van der Waals surface area (Å²) >= 11 is 0. The Kier molecular flexibility index (Phi) is 5.14. The minimum Gasteiger partial charge on any atom is -0.497 e. The zero-order valence-electron chi connectivity index (χ0n) is 19.2. The van der Waals surface area contributed by atoms with Gasteiger partial charge in [0.15, 0.2) is 11.5 Å². The number of carbonyl (C=O) groups is 1. The van der Waals surface area contributed by atoms with Crippen molar-refractivity contribution in [3.8, 4) is 39.7 Å². The Morgan fingerprint density at radius 1 is 0.972 bits per heavy atom. The van der Waals surface area contributed by atoms with Gasteiger partial charge in [0.05, 0.1) is 29.9 Å². The lowest BCUT2D eigenvalue weighted by Crippen LogP contribution is -2.15. The van der Waals surface area contributed by atoms with E-state index in [9.17, 15) is 14.7 Å². The molecule has 0 bridgehead atoms. The van der Waals surface area contributed by atoms with Crippen LogP contribution >= 0.6 is 0 Å². The molecule has 1 N–H and O–H groups in total. The Morgan fingerprint density at radius 2 is 1.72 bits per heavy atom. The van der Waals surface area contributed by atoms with Gasteiger partial charge in [-0.05, 0) is 54.1 Å². The summed E-state index contributed by atoms with van der Waals surface area (Å²) in [5.74, 6) is 1.23. The van der Waals surface area contributed by atoms with E-state index in [1.54, 1.807) is 61.7 Å². The second-order valence-electron chi connectivity index (χ2n) is 8.36. The normalized spacial score (nSPS) is 12.7. The molecule has 3 aromatic carbocycles. The van der Waals surface area contributed by atoms with Gasteiger partial charge in [-0.2, -0.15) is 0 Å². The van der Waals surface area contributed by atoms with Crippen LogP contribution in [-0.2, 0) is 11.2 Å². The summed E-state index contributed by atoms with van der Waals surface area (Å²) in [5.41, 5.74) is 2.57. The summed E-state index contributed by atoms with van der Waals surface area (Å²) in [6, 6.07) is 15.7. The molecule has 2 aromatic heterocycles. The van der Waals surface area contributed by atoms with Gasteiger partial charge in [0, 0.05) is 11.1 Å². The van der Waals surface area contributed by atoms with Gasteiger partial charge in [-0.15, -0.1) is 0 Å². The molecule has 0 atom stereocenters. The smallest absolute Gasteiger partial charge is 0.307 e. The topological polar surface area (TPSA) is 108 Å². The molecule has 0 radical (unpaired) electrons. The highest BCUT2D eigenvalue weighted by Crippen LogP contribution is 2.39. The molecule has 180 valence electrons. The summed E-state index contributed by atoms with van der Waals surface area (Å²) in [4.78, 5) is 25.3. The number of hydrogen-bond acceptors (Lipinski definition) is 7. The lowest BCUT2D eigenvalue weighted by atomic mass is 10.00. The largest absolute Gasteiger partial charge is 0.497 e. The maximum absolute atomic E-state index is 13.5. The quantitative estimate of drug-likeness (QED) is 0.359. The summed E-state index contributed by atoms with van der Waals surface area (Å²) in [7, 11) is 1.57. The molecule has 1 aliphatic heterocycles. The zero-order chi connectivity index (χ0) is 24.8. The molecular weight excluding hydrogens is 464 g/mol. The summed E-state index contributed by atoms with van der Waals surface area (Å²) in [6.45, 7) is 0.909. The second-order valence-corrected chi connectivity index (χ2v) is 8.36. The summed E-state index contributed by atoms with van der Waals surface area (Å²) < 4.78 is 28.5. The Labute approximate surface area is 204 Å². The molecule has 36 heavy (non-hydrogen) atoms. The minimum absolute atomic E-state index is 0.247. The Morgan fingerprint density at radius 3 is 2.47 bits per heavy atom. The minimum atomic E-state index is -1.03. The van der Waals surface area contributed by atoms with Crippen molar-refractivity contribution in [1.29, 1.82) is 0 Å². The van der Waals surface area contributed by atoms with Crippen LogP contribution in [0.5, 0.6) is 17.2 Å². The third-order valence-electron chi connectivity index (χ3n) is 6.22. The molecule has 6 rings (SSSR count). The average molecular weight is 484 g/mol. The van der Waals surface area contributed by atoms with E-state index in [0.717, 1.165) is 0 Å². The average Bonchev–Trinajstić information content (AvgIpc) is 3.26. The predicted molar refractivity (Wildman–Crippen MR) is 132 cm³/mol. The SMILES string of the molecule is COc1ccc(-c2oc3ccc4c(=O)c(-c5ccc6c(c5)OCCO6)coc4c3c2CC(=O)O)cc1.